The van der Waals surface area contributed by atoms with Crippen molar-refractivity contribution in [1.29, 1.82) is 0 Å². The van der Waals surface area contributed by atoms with Crippen molar-refractivity contribution in [2.45, 2.75) is 39.2 Å². The zero-order valence-corrected chi connectivity index (χ0v) is 11.6. The number of nitrogens with zero attached hydrogens (tertiary/aromatic N) is 1. The maximum Gasteiger partial charge on any atom is 0.0393 e. The van der Waals surface area contributed by atoms with E-state index in [1.54, 1.807) is 0 Å². The van der Waals surface area contributed by atoms with E-state index in [0.29, 0.717) is 6.04 Å². The number of benzene rings is 1. The van der Waals surface area contributed by atoms with E-state index in [1.807, 2.05) is 12.1 Å². The second-order valence-electron chi connectivity index (χ2n) is 5.43. The van der Waals surface area contributed by atoms with Crippen LogP contribution in [0.4, 0.5) is 11.4 Å². The molecule has 1 aromatic rings. The van der Waals surface area contributed by atoms with Crippen LogP contribution in [0.15, 0.2) is 18.2 Å². The number of nitrogens with two attached hydrogens (primary N) is 1. The van der Waals surface area contributed by atoms with Gasteiger partial charge in [0.15, 0.2) is 0 Å². The predicted molar refractivity (Wildman–Crippen MR) is 79.0 cm³/mol. The van der Waals surface area contributed by atoms with Gasteiger partial charge >= 0.3 is 0 Å². The number of anilines is 2. The zero-order valence-electron chi connectivity index (χ0n) is 11.6. The SMILES string of the molecule is Cc1c(N)cccc1NC(C)CN1CCCCC1. The number of likely N-dealkylation sites (tertiary alicyclic amines) is 1. The molecular weight excluding hydrogens is 222 g/mol. The molecule has 0 bridgehead atoms. The van der Waals surface area contributed by atoms with E-state index in [4.69, 9.17) is 5.73 Å². The molecule has 0 radical (unpaired) electrons. The standard InChI is InChI=1S/C15H25N3/c1-12(11-18-9-4-3-5-10-18)17-15-8-6-7-14(16)13(15)2/h6-8,12,17H,3-5,9-11,16H2,1-2H3. The summed E-state index contributed by atoms with van der Waals surface area (Å²) in [6.07, 6.45) is 4.10. The van der Waals surface area contributed by atoms with E-state index >= 15 is 0 Å². The number of hydrogen-bond donors (Lipinski definition) is 2. The lowest BCUT2D eigenvalue weighted by Crippen LogP contribution is -2.38. The summed E-state index contributed by atoms with van der Waals surface area (Å²) < 4.78 is 0. The molecule has 1 fully saturated rings. The van der Waals surface area contributed by atoms with Gasteiger partial charge in [0.1, 0.15) is 0 Å². The molecule has 1 aliphatic rings. The number of nitrogens with one attached hydrogen (secondary N) is 1. The summed E-state index contributed by atoms with van der Waals surface area (Å²) >= 11 is 0. The fraction of sp³-hybridized carbons (Fsp3) is 0.600. The van der Waals surface area contributed by atoms with Crippen molar-refractivity contribution in [3.63, 3.8) is 0 Å². The molecule has 3 nitrogen and oxygen atoms in total. The fourth-order valence-electron chi connectivity index (χ4n) is 2.65. The van der Waals surface area contributed by atoms with Gasteiger partial charge in [0.05, 0.1) is 0 Å². The van der Waals surface area contributed by atoms with E-state index < -0.39 is 0 Å². The van der Waals surface area contributed by atoms with Crippen LogP contribution in [0.5, 0.6) is 0 Å². The molecular formula is C15H25N3. The van der Waals surface area contributed by atoms with Crippen molar-refractivity contribution in [1.82, 2.24) is 4.90 Å². The molecule has 0 aliphatic carbocycles. The van der Waals surface area contributed by atoms with Crippen LogP contribution in [0.25, 0.3) is 0 Å². The molecule has 1 saturated heterocycles. The Labute approximate surface area is 110 Å². The molecule has 1 atom stereocenters. The molecule has 3 heteroatoms. The minimum absolute atomic E-state index is 0.462. The van der Waals surface area contributed by atoms with Gasteiger partial charge in [-0.2, -0.15) is 0 Å². The van der Waals surface area contributed by atoms with Crippen molar-refractivity contribution in [2.24, 2.45) is 0 Å². The van der Waals surface area contributed by atoms with Crippen LogP contribution in [0, 0.1) is 6.92 Å². The molecule has 3 N–H and O–H groups in total. The maximum absolute atomic E-state index is 5.93. The summed E-state index contributed by atoms with van der Waals surface area (Å²) in [5.41, 5.74) is 9.12. The van der Waals surface area contributed by atoms with Crippen molar-refractivity contribution < 1.29 is 0 Å². The third kappa shape index (κ3) is 3.39. The van der Waals surface area contributed by atoms with Crippen LogP contribution in [0.2, 0.25) is 0 Å². The van der Waals surface area contributed by atoms with Crippen molar-refractivity contribution in [2.75, 3.05) is 30.7 Å². The van der Waals surface area contributed by atoms with Gasteiger partial charge < -0.3 is 16.0 Å². The Morgan fingerprint density at radius 1 is 1.28 bits per heavy atom. The summed E-state index contributed by atoms with van der Waals surface area (Å²) in [6, 6.07) is 6.54. The Hall–Kier alpha value is -1.22. The quantitative estimate of drug-likeness (QED) is 0.804. The summed E-state index contributed by atoms with van der Waals surface area (Å²) in [5.74, 6) is 0. The normalized spacial score (nSPS) is 18.6. The van der Waals surface area contributed by atoms with Gasteiger partial charge in [-0.15, -0.1) is 0 Å². The first-order valence-electron chi connectivity index (χ1n) is 7.01. The van der Waals surface area contributed by atoms with Gasteiger partial charge in [0.2, 0.25) is 0 Å². The Morgan fingerprint density at radius 3 is 2.72 bits per heavy atom. The van der Waals surface area contributed by atoms with Crippen LogP contribution in [-0.2, 0) is 0 Å². The minimum atomic E-state index is 0.462. The molecule has 2 rings (SSSR count). The molecule has 1 aromatic carbocycles. The largest absolute Gasteiger partial charge is 0.398 e. The van der Waals surface area contributed by atoms with E-state index in [0.717, 1.165) is 17.8 Å². The summed E-state index contributed by atoms with van der Waals surface area (Å²) in [5, 5.41) is 3.58. The van der Waals surface area contributed by atoms with E-state index in [2.05, 4.69) is 30.1 Å². The van der Waals surface area contributed by atoms with Crippen molar-refractivity contribution in [3.05, 3.63) is 23.8 Å². The first kappa shape index (κ1) is 13.2. The molecule has 100 valence electrons. The molecule has 1 aliphatic heterocycles. The maximum atomic E-state index is 5.93. The van der Waals surface area contributed by atoms with Gasteiger partial charge in [-0.05, 0) is 57.5 Å². The van der Waals surface area contributed by atoms with Gasteiger partial charge in [0.25, 0.3) is 0 Å². The Bertz CT molecular complexity index is 383. The zero-order chi connectivity index (χ0) is 13.0. The highest BCUT2D eigenvalue weighted by molar-refractivity contribution is 5.63. The van der Waals surface area contributed by atoms with Gasteiger partial charge in [-0.1, -0.05) is 12.5 Å². The highest BCUT2D eigenvalue weighted by Crippen LogP contribution is 2.21. The lowest BCUT2D eigenvalue weighted by molar-refractivity contribution is 0.223. The number of piperidine rings is 1. The van der Waals surface area contributed by atoms with Gasteiger partial charge in [-0.25, -0.2) is 0 Å². The first-order valence-corrected chi connectivity index (χ1v) is 7.01. The molecule has 0 aromatic heterocycles. The van der Waals surface area contributed by atoms with Crippen LogP contribution < -0.4 is 11.1 Å². The number of nitrogen functional groups attached to an aromatic ring is 1. The smallest absolute Gasteiger partial charge is 0.0393 e. The molecule has 18 heavy (non-hydrogen) atoms. The average Bonchev–Trinajstić information content (AvgIpc) is 2.36. The van der Waals surface area contributed by atoms with Crippen LogP contribution >= 0.6 is 0 Å². The Balaban J connectivity index is 1.90. The lowest BCUT2D eigenvalue weighted by Gasteiger charge is -2.30. The lowest BCUT2D eigenvalue weighted by atomic mass is 10.1. The van der Waals surface area contributed by atoms with Crippen LogP contribution in [0.1, 0.15) is 31.7 Å². The second-order valence-corrected chi connectivity index (χ2v) is 5.43. The minimum Gasteiger partial charge on any atom is -0.398 e. The Kier molecular flexibility index (Phi) is 4.48. The topological polar surface area (TPSA) is 41.3 Å². The molecule has 1 heterocycles. The molecule has 0 saturated carbocycles. The molecule has 0 amide bonds. The predicted octanol–water partition coefficient (Wildman–Crippen LogP) is 2.86. The molecule has 1 unspecified atom stereocenters. The van der Waals surface area contributed by atoms with E-state index in [9.17, 15) is 0 Å². The highest BCUT2D eigenvalue weighted by atomic mass is 15.1. The van der Waals surface area contributed by atoms with Crippen LogP contribution in [-0.4, -0.2) is 30.6 Å². The van der Waals surface area contributed by atoms with Crippen molar-refractivity contribution in [3.8, 4) is 0 Å². The monoisotopic (exact) mass is 247 g/mol. The van der Waals surface area contributed by atoms with Crippen LogP contribution in [0.3, 0.4) is 0 Å². The van der Waals surface area contributed by atoms with E-state index in [1.165, 1.54) is 38.0 Å². The third-order valence-corrected chi connectivity index (χ3v) is 3.76. The summed E-state index contributed by atoms with van der Waals surface area (Å²) in [6.45, 7) is 7.95. The second kappa shape index (κ2) is 6.10. The van der Waals surface area contributed by atoms with Gasteiger partial charge in [0, 0.05) is 24.0 Å². The summed E-state index contributed by atoms with van der Waals surface area (Å²) in [7, 11) is 0. The van der Waals surface area contributed by atoms with Crippen molar-refractivity contribution >= 4 is 11.4 Å². The number of hydrogen-bond acceptors (Lipinski definition) is 3. The number of rotatable bonds is 4. The highest BCUT2D eigenvalue weighted by Gasteiger charge is 2.13. The Morgan fingerprint density at radius 2 is 2.00 bits per heavy atom. The third-order valence-electron chi connectivity index (χ3n) is 3.76. The summed E-state index contributed by atoms with van der Waals surface area (Å²) in [4.78, 5) is 2.56. The average molecular weight is 247 g/mol. The fourth-order valence-corrected chi connectivity index (χ4v) is 2.65. The molecule has 0 spiro atoms. The van der Waals surface area contributed by atoms with Gasteiger partial charge in [-0.3, -0.25) is 0 Å². The first-order chi connectivity index (χ1) is 8.66. The van der Waals surface area contributed by atoms with E-state index in [-0.39, 0.29) is 0 Å².